The number of nitrogens with zero attached hydrogens (tertiary/aromatic N) is 1. The Bertz CT molecular complexity index is 152. The van der Waals surface area contributed by atoms with Gasteiger partial charge in [0, 0.05) is 6.54 Å². The molecule has 0 radical (unpaired) electrons. The van der Waals surface area contributed by atoms with Gasteiger partial charge in [0.2, 0.25) is 0 Å². The van der Waals surface area contributed by atoms with Crippen LogP contribution in [0.3, 0.4) is 0 Å². The summed E-state index contributed by atoms with van der Waals surface area (Å²) >= 11 is 0. The van der Waals surface area contributed by atoms with Gasteiger partial charge >= 0.3 is 0 Å². The van der Waals surface area contributed by atoms with E-state index >= 15 is 0 Å². The van der Waals surface area contributed by atoms with E-state index in [1.54, 1.807) is 0 Å². The largest absolute Gasteiger partial charge is 0.375 e. The van der Waals surface area contributed by atoms with Crippen molar-refractivity contribution in [3.8, 4) is 0 Å². The van der Waals surface area contributed by atoms with Crippen LogP contribution in [0.2, 0.25) is 0 Å². The van der Waals surface area contributed by atoms with E-state index in [-0.39, 0.29) is 5.60 Å². The first-order valence-corrected chi connectivity index (χ1v) is 8.77. The third-order valence-corrected chi connectivity index (χ3v) is 2.31. The van der Waals surface area contributed by atoms with Crippen molar-refractivity contribution in [1.29, 1.82) is 0 Å². The summed E-state index contributed by atoms with van der Waals surface area (Å²) in [6.07, 6.45) is 5.06. The maximum Gasteiger partial charge on any atom is 0.0600 e. The third-order valence-electron chi connectivity index (χ3n) is 2.31. The van der Waals surface area contributed by atoms with Gasteiger partial charge in [-0.2, -0.15) is 0 Å². The third kappa shape index (κ3) is 26.5. The molecule has 0 aromatic rings. The standard InChI is InChI=1S/C13H29NO.C3H8.C2H6/c1-6-8-10-14(9-7-2)11-12-15-13(3,4)5;1-3-2;1-2/h6-12H2,1-5H3;3H2,1-2H3;1-2H3. The van der Waals surface area contributed by atoms with Gasteiger partial charge in [0.15, 0.2) is 0 Å². The summed E-state index contributed by atoms with van der Waals surface area (Å²) < 4.78 is 5.74. The number of unbranched alkanes of at least 4 members (excludes halogenated alkanes) is 1. The van der Waals surface area contributed by atoms with Gasteiger partial charge in [-0.1, -0.05) is 54.4 Å². The molecule has 0 rings (SSSR count). The molecule has 0 heterocycles. The van der Waals surface area contributed by atoms with Gasteiger partial charge in [0.1, 0.15) is 0 Å². The molecule has 0 amide bonds. The van der Waals surface area contributed by atoms with Crippen molar-refractivity contribution in [3.63, 3.8) is 0 Å². The van der Waals surface area contributed by atoms with E-state index in [9.17, 15) is 0 Å². The van der Waals surface area contributed by atoms with Crippen LogP contribution in [-0.2, 0) is 4.74 Å². The molecule has 0 fully saturated rings. The highest BCUT2D eigenvalue weighted by atomic mass is 16.5. The molecule has 0 atom stereocenters. The lowest BCUT2D eigenvalue weighted by Crippen LogP contribution is -2.32. The van der Waals surface area contributed by atoms with Gasteiger partial charge in [-0.3, -0.25) is 0 Å². The van der Waals surface area contributed by atoms with Gasteiger partial charge in [-0.15, -0.1) is 0 Å². The van der Waals surface area contributed by atoms with Crippen molar-refractivity contribution in [3.05, 3.63) is 0 Å². The van der Waals surface area contributed by atoms with Crippen molar-refractivity contribution in [2.45, 2.75) is 93.6 Å². The quantitative estimate of drug-likeness (QED) is 0.563. The first kappa shape index (κ1) is 24.9. The molecule has 0 N–H and O–H groups in total. The van der Waals surface area contributed by atoms with Gasteiger partial charge in [0.05, 0.1) is 12.2 Å². The molecule has 2 nitrogen and oxygen atoms in total. The summed E-state index contributed by atoms with van der Waals surface area (Å²) in [5.41, 5.74) is 0.00262. The minimum atomic E-state index is 0.00262. The number of hydrogen-bond acceptors (Lipinski definition) is 2. The Morgan fingerprint density at radius 3 is 1.65 bits per heavy atom. The first-order valence-electron chi connectivity index (χ1n) is 8.77. The molecule has 0 saturated heterocycles. The molecule has 2 heteroatoms. The summed E-state index contributed by atoms with van der Waals surface area (Å²) in [5.74, 6) is 0. The fourth-order valence-electron chi connectivity index (χ4n) is 1.51. The second kappa shape index (κ2) is 18.9. The lowest BCUT2D eigenvalue weighted by atomic mass is 10.2. The Hall–Kier alpha value is -0.0800. The molecular weight excluding hydrogens is 246 g/mol. The van der Waals surface area contributed by atoms with E-state index in [0.29, 0.717) is 0 Å². The molecule has 0 aromatic heterocycles. The van der Waals surface area contributed by atoms with E-state index < -0.39 is 0 Å². The second-order valence-electron chi connectivity index (χ2n) is 5.86. The van der Waals surface area contributed by atoms with Crippen LogP contribution in [0.5, 0.6) is 0 Å². The lowest BCUT2D eigenvalue weighted by Gasteiger charge is -2.25. The fourth-order valence-corrected chi connectivity index (χ4v) is 1.51. The predicted octanol–water partition coefficient (Wildman–Crippen LogP) is 5.76. The molecule has 0 aromatic carbocycles. The molecule has 126 valence electrons. The highest BCUT2D eigenvalue weighted by molar-refractivity contribution is 4.61. The Labute approximate surface area is 130 Å². The Kier molecular flexibility index (Phi) is 23.6. The van der Waals surface area contributed by atoms with Gasteiger partial charge < -0.3 is 9.64 Å². The molecule has 20 heavy (non-hydrogen) atoms. The maximum atomic E-state index is 5.74. The molecule has 0 unspecified atom stereocenters. The van der Waals surface area contributed by atoms with Crippen LogP contribution in [0.4, 0.5) is 0 Å². The zero-order valence-electron chi connectivity index (χ0n) is 16.0. The van der Waals surface area contributed by atoms with Crippen molar-refractivity contribution in [2.75, 3.05) is 26.2 Å². The second-order valence-corrected chi connectivity index (χ2v) is 5.86. The molecule has 0 aliphatic rings. The monoisotopic (exact) mass is 289 g/mol. The van der Waals surface area contributed by atoms with Crippen molar-refractivity contribution < 1.29 is 4.74 Å². The molecule has 0 aliphatic heterocycles. The molecule has 0 spiro atoms. The average molecular weight is 290 g/mol. The average Bonchev–Trinajstić information content (AvgIpc) is 2.38. The van der Waals surface area contributed by atoms with E-state index in [1.807, 2.05) is 13.8 Å². The van der Waals surface area contributed by atoms with E-state index in [1.165, 1.54) is 38.8 Å². The molecule has 0 saturated carbocycles. The van der Waals surface area contributed by atoms with Crippen molar-refractivity contribution in [2.24, 2.45) is 0 Å². The normalized spacial score (nSPS) is 10.5. The van der Waals surface area contributed by atoms with Gasteiger partial charge in [-0.25, -0.2) is 0 Å². The van der Waals surface area contributed by atoms with E-state index in [4.69, 9.17) is 4.74 Å². The summed E-state index contributed by atoms with van der Waals surface area (Å²) in [6, 6.07) is 0. The summed E-state index contributed by atoms with van der Waals surface area (Å²) in [7, 11) is 0. The molecule has 0 bridgehead atoms. The van der Waals surface area contributed by atoms with Crippen LogP contribution in [0.25, 0.3) is 0 Å². The van der Waals surface area contributed by atoms with E-state index in [2.05, 4.69) is 53.4 Å². The van der Waals surface area contributed by atoms with Crippen LogP contribution < -0.4 is 0 Å². The zero-order valence-corrected chi connectivity index (χ0v) is 16.0. The van der Waals surface area contributed by atoms with E-state index in [0.717, 1.165) is 13.2 Å². The number of hydrogen-bond donors (Lipinski definition) is 0. The summed E-state index contributed by atoms with van der Waals surface area (Å²) in [4.78, 5) is 2.51. The zero-order chi connectivity index (χ0) is 16.4. The number of ether oxygens (including phenoxy) is 1. The lowest BCUT2D eigenvalue weighted by molar-refractivity contribution is -0.0131. The van der Waals surface area contributed by atoms with Crippen LogP contribution in [0.15, 0.2) is 0 Å². The smallest absolute Gasteiger partial charge is 0.0600 e. The Morgan fingerprint density at radius 1 is 0.800 bits per heavy atom. The number of rotatable bonds is 8. The van der Waals surface area contributed by atoms with Crippen LogP contribution >= 0.6 is 0 Å². The maximum absolute atomic E-state index is 5.74. The molecule has 0 aliphatic carbocycles. The van der Waals surface area contributed by atoms with Gasteiger partial charge in [0.25, 0.3) is 0 Å². The van der Waals surface area contributed by atoms with Crippen LogP contribution in [0, 0.1) is 0 Å². The molecular formula is C18H43NO. The highest BCUT2D eigenvalue weighted by Crippen LogP contribution is 2.06. The summed E-state index contributed by atoms with van der Waals surface area (Å²) in [5, 5.41) is 0. The minimum Gasteiger partial charge on any atom is -0.375 e. The Balaban J connectivity index is -0.000000505. The fraction of sp³-hybridized carbons (Fsp3) is 1.00. The minimum absolute atomic E-state index is 0.00262. The summed E-state index contributed by atoms with van der Waals surface area (Å²) in [6.45, 7) is 23.4. The van der Waals surface area contributed by atoms with Gasteiger partial charge in [-0.05, 0) is 46.7 Å². The van der Waals surface area contributed by atoms with Crippen molar-refractivity contribution >= 4 is 0 Å². The SMILES string of the molecule is CC.CCC.CCCCN(CCC)CCOC(C)(C)C. The van der Waals surface area contributed by atoms with Crippen LogP contribution in [0.1, 0.15) is 88.0 Å². The van der Waals surface area contributed by atoms with Crippen molar-refractivity contribution in [1.82, 2.24) is 4.90 Å². The predicted molar refractivity (Wildman–Crippen MR) is 94.7 cm³/mol. The topological polar surface area (TPSA) is 12.5 Å². The first-order chi connectivity index (χ1) is 9.41. The Morgan fingerprint density at radius 2 is 1.30 bits per heavy atom. The highest BCUT2D eigenvalue weighted by Gasteiger charge is 2.10. The van der Waals surface area contributed by atoms with Crippen LogP contribution in [-0.4, -0.2) is 36.7 Å².